The van der Waals surface area contributed by atoms with Gasteiger partial charge in [0.2, 0.25) is 5.60 Å². The number of imide groups is 1. The summed E-state index contributed by atoms with van der Waals surface area (Å²) < 4.78 is 14.2. The second-order valence-electron chi connectivity index (χ2n) is 6.47. The summed E-state index contributed by atoms with van der Waals surface area (Å²) in [5.74, 6) is -3.21. The minimum absolute atomic E-state index is 0.0877. The van der Waals surface area contributed by atoms with Gasteiger partial charge in [-0.3, -0.25) is 9.59 Å². The van der Waals surface area contributed by atoms with Crippen molar-refractivity contribution in [2.45, 2.75) is 18.9 Å². The van der Waals surface area contributed by atoms with Gasteiger partial charge in [-0.05, 0) is 31.2 Å². The van der Waals surface area contributed by atoms with Gasteiger partial charge in [-0.1, -0.05) is 40.0 Å². The summed E-state index contributed by atoms with van der Waals surface area (Å²) >= 11 is 5.77. The van der Waals surface area contributed by atoms with E-state index in [0.717, 1.165) is 0 Å². The normalized spacial score (nSPS) is 20.7. The molecule has 2 aliphatic heterocycles. The number of hydroxylamine groups is 2. The zero-order valence-corrected chi connectivity index (χ0v) is 15.2. The molecule has 0 aromatic heterocycles. The van der Waals surface area contributed by atoms with Gasteiger partial charge in [-0.2, -0.15) is 0 Å². The Morgan fingerprint density at radius 3 is 2.39 bits per heavy atom. The van der Waals surface area contributed by atoms with E-state index in [4.69, 9.17) is 21.3 Å². The van der Waals surface area contributed by atoms with E-state index >= 15 is 0 Å². The molecule has 1 atom stereocenters. The molecule has 1 unspecified atom stereocenters. The molecule has 142 valence electrons. The molecule has 7 nitrogen and oxygen atoms in total. The van der Waals surface area contributed by atoms with Crippen LogP contribution in [0, 0.1) is 5.82 Å². The highest BCUT2D eigenvalue weighted by molar-refractivity contribution is 6.31. The Labute approximate surface area is 163 Å². The maximum absolute atomic E-state index is 14.2. The molecule has 0 aliphatic carbocycles. The summed E-state index contributed by atoms with van der Waals surface area (Å²) in [5, 5.41) is 4.06. The fraction of sp³-hybridized carbons (Fsp3) is 0.158. The summed E-state index contributed by atoms with van der Waals surface area (Å²) in [6.45, 7) is 1.37. The number of hydrogen-bond donors (Lipinski definition) is 0. The molecule has 2 aromatic carbocycles. The average molecular weight is 403 g/mol. The molecule has 0 N–H and O–H groups in total. The predicted octanol–water partition coefficient (Wildman–Crippen LogP) is 3.12. The third kappa shape index (κ3) is 2.73. The first-order valence-electron chi connectivity index (χ1n) is 8.21. The van der Waals surface area contributed by atoms with Gasteiger partial charge in [-0.25, -0.2) is 9.18 Å². The largest absolute Gasteiger partial charge is 0.379 e. The molecule has 0 spiro atoms. The van der Waals surface area contributed by atoms with Crippen molar-refractivity contribution >= 4 is 35.1 Å². The smallest absolute Gasteiger partial charge is 0.377 e. The Balaban J connectivity index is 1.52. The summed E-state index contributed by atoms with van der Waals surface area (Å²) in [6, 6.07) is 10.5. The number of benzene rings is 2. The van der Waals surface area contributed by atoms with E-state index in [1.165, 1.54) is 37.3 Å². The van der Waals surface area contributed by atoms with Gasteiger partial charge in [0.05, 0.1) is 21.9 Å². The van der Waals surface area contributed by atoms with Crippen molar-refractivity contribution in [2.24, 2.45) is 5.16 Å². The molecule has 0 saturated carbocycles. The first kappa shape index (κ1) is 18.1. The van der Waals surface area contributed by atoms with Crippen molar-refractivity contribution in [3.63, 3.8) is 0 Å². The molecule has 0 fully saturated rings. The highest BCUT2D eigenvalue weighted by Gasteiger charge is 2.48. The van der Waals surface area contributed by atoms with Crippen LogP contribution in [0.1, 0.15) is 39.6 Å². The van der Waals surface area contributed by atoms with Crippen LogP contribution in [0.5, 0.6) is 0 Å². The van der Waals surface area contributed by atoms with Crippen molar-refractivity contribution in [3.8, 4) is 0 Å². The molecule has 0 bridgehead atoms. The third-order valence-electron chi connectivity index (χ3n) is 4.49. The topological polar surface area (TPSA) is 85.3 Å². The molecule has 2 aromatic rings. The first-order chi connectivity index (χ1) is 13.3. The van der Waals surface area contributed by atoms with Crippen molar-refractivity contribution < 1.29 is 28.4 Å². The highest BCUT2D eigenvalue weighted by atomic mass is 35.5. The molecule has 0 radical (unpaired) electrons. The summed E-state index contributed by atoms with van der Waals surface area (Å²) in [7, 11) is 0. The van der Waals surface area contributed by atoms with Gasteiger partial charge >= 0.3 is 5.97 Å². The van der Waals surface area contributed by atoms with Crippen molar-refractivity contribution in [2.75, 3.05) is 0 Å². The second-order valence-corrected chi connectivity index (χ2v) is 6.87. The quantitative estimate of drug-likeness (QED) is 0.736. The number of hydrogen-bond acceptors (Lipinski definition) is 6. The molecule has 4 rings (SSSR count). The SMILES string of the molecule is CC1(C(=O)ON2C(=O)c3ccccc3C2=O)CC(c2cccc(Cl)c2F)=NO1. The van der Waals surface area contributed by atoms with Crippen LogP contribution in [0.4, 0.5) is 4.39 Å². The van der Waals surface area contributed by atoms with Gasteiger partial charge < -0.3 is 9.68 Å². The lowest BCUT2D eigenvalue weighted by atomic mass is 9.96. The lowest BCUT2D eigenvalue weighted by Crippen LogP contribution is -2.43. The zero-order valence-electron chi connectivity index (χ0n) is 14.4. The van der Waals surface area contributed by atoms with Crippen LogP contribution in [0.3, 0.4) is 0 Å². The van der Waals surface area contributed by atoms with E-state index in [-0.39, 0.29) is 33.8 Å². The number of nitrogens with zero attached hydrogens (tertiary/aromatic N) is 2. The number of carbonyl (C=O) groups is 3. The molecule has 2 heterocycles. The lowest BCUT2D eigenvalue weighted by molar-refractivity contribution is -0.191. The van der Waals surface area contributed by atoms with E-state index in [0.29, 0.717) is 5.06 Å². The maximum atomic E-state index is 14.2. The zero-order chi connectivity index (χ0) is 20.1. The van der Waals surface area contributed by atoms with Gasteiger partial charge in [0.25, 0.3) is 11.8 Å². The maximum Gasteiger partial charge on any atom is 0.379 e. The van der Waals surface area contributed by atoms with E-state index < -0.39 is 29.2 Å². The summed E-state index contributed by atoms with van der Waals surface area (Å²) in [4.78, 5) is 47.5. The minimum Gasteiger partial charge on any atom is -0.377 e. The molecule has 2 aliphatic rings. The number of carbonyl (C=O) groups excluding carboxylic acids is 3. The van der Waals surface area contributed by atoms with Crippen LogP contribution in [0.2, 0.25) is 5.02 Å². The van der Waals surface area contributed by atoms with Crippen molar-refractivity contribution in [1.82, 2.24) is 5.06 Å². The van der Waals surface area contributed by atoms with E-state index in [9.17, 15) is 18.8 Å². The molecule has 2 amide bonds. The third-order valence-corrected chi connectivity index (χ3v) is 4.78. The Morgan fingerprint density at radius 1 is 1.14 bits per heavy atom. The van der Waals surface area contributed by atoms with E-state index in [1.807, 2.05) is 0 Å². The lowest BCUT2D eigenvalue weighted by Gasteiger charge is -2.21. The number of oxime groups is 1. The Morgan fingerprint density at radius 2 is 1.75 bits per heavy atom. The molecule has 9 heteroatoms. The average Bonchev–Trinajstić information content (AvgIpc) is 3.19. The molecular weight excluding hydrogens is 391 g/mol. The fourth-order valence-electron chi connectivity index (χ4n) is 2.95. The van der Waals surface area contributed by atoms with Crippen LogP contribution < -0.4 is 0 Å². The number of amides is 2. The van der Waals surface area contributed by atoms with Crippen LogP contribution in [-0.2, 0) is 14.5 Å². The standard InChI is InChI=1S/C19H12ClFN2O5/c1-19(9-14(22-28-19)12-7-4-8-13(20)15(12)21)18(26)27-23-16(24)10-5-2-3-6-11(10)17(23)25/h2-8H,9H2,1H3. The first-order valence-corrected chi connectivity index (χ1v) is 8.59. The predicted molar refractivity (Wildman–Crippen MR) is 95.1 cm³/mol. The van der Waals surface area contributed by atoms with Crippen molar-refractivity contribution in [1.29, 1.82) is 0 Å². The van der Waals surface area contributed by atoms with Gasteiger partial charge in [-0.15, -0.1) is 0 Å². The highest BCUT2D eigenvalue weighted by Crippen LogP contribution is 2.32. The Bertz CT molecular complexity index is 1040. The summed E-state index contributed by atoms with van der Waals surface area (Å²) in [5.41, 5.74) is -1.13. The molecule has 0 saturated heterocycles. The fourth-order valence-corrected chi connectivity index (χ4v) is 3.12. The minimum atomic E-state index is -1.64. The van der Waals surface area contributed by atoms with Crippen LogP contribution in [-0.4, -0.2) is 34.2 Å². The number of halogens is 2. The summed E-state index contributed by atoms with van der Waals surface area (Å²) in [6.07, 6.45) is -0.133. The molecule has 28 heavy (non-hydrogen) atoms. The molecular formula is C19H12ClFN2O5. The van der Waals surface area contributed by atoms with Crippen LogP contribution in [0.15, 0.2) is 47.6 Å². The van der Waals surface area contributed by atoms with Crippen LogP contribution >= 0.6 is 11.6 Å². The van der Waals surface area contributed by atoms with E-state index in [2.05, 4.69) is 5.16 Å². The number of fused-ring (bicyclic) bond motifs is 1. The van der Waals surface area contributed by atoms with Gasteiger partial charge in [0.1, 0.15) is 0 Å². The van der Waals surface area contributed by atoms with Gasteiger partial charge in [0.15, 0.2) is 5.82 Å². The Hall–Kier alpha value is -3.26. The van der Waals surface area contributed by atoms with Crippen molar-refractivity contribution in [3.05, 3.63) is 70.0 Å². The monoisotopic (exact) mass is 402 g/mol. The van der Waals surface area contributed by atoms with E-state index in [1.54, 1.807) is 12.1 Å². The second kappa shape index (κ2) is 6.42. The Kier molecular flexibility index (Phi) is 4.15. The van der Waals surface area contributed by atoms with Crippen LogP contribution in [0.25, 0.3) is 0 Å². The number of rotatable bonds is 3. The van der Waals surface area contributed by atoms with Gasteiger partial charge in [0, 0.05) is 12.0 Å².